The number of carboxylic acid groups (broad SMARTS) is 2. The standard InChI is InChI=1S/C5H7NO4/c1-2-5(6,3(7)8)4(9)10/h2H,1,6H2,(H,7,8)(H,9,10). The van der Waals surface area contributed by atoms with Crippen LogP contribution in [0.1, 0.15) is 0 Å². The molecule has 0 rings (SSSR count). The molecule has 5 heteroatoms. The van der Waals surface area contributed by atoms with Gasteiger partial charge in [0.15, 0.2) is 0 Å². The fourth-order valence-electron chi connectivity index (χ4n) is 0.266. The summed E-state index contributed by atoms with van der Waals surface area (Å²) >= 11 is 0. The Morgan fingerprint density at radius 1 is 1.40 bits per heavy atom. The maximum absolute atomic E-state index is 10.1. The van der Waals surface area contributed by atoms with E-state index in [4.69, 9.17) is 15.9 Å². The molecule has 0 heterocycles. The van der Waals surface area contributed by atoms with Crippen LogP contribution in [0.5, 0.6) is 0 Å². The Morgan fingerprint density at radius 2 is 1.70 bits per heavy atom. The first-order valence-electron chi connectivity index (χ1n) is 2.34. The molecule has 0 aromatic heterocycles. The highest BCUT2D eigenvalue weighted by molar-refractivity contribution is 6.05. The van der Waals surface area contributed by atoms with Gasteiger partial charge < -0.3 is 15.9 Å². The largest absolute Gasteiger partial charge is 0.479 e. The van der Waals surface area contributed by atoms with Gasteiger partial charge in [-0.15, -0.1) is 6.58 Å². The Balaban J connectivity index is 4.72. The van der Waals surface area contributed by atoms with Gasteiger partial charge in [-0.05, 0) is 6.08 Å². The number of carboxylic acids is 2. The summed E-state index contributed by atoms with van der Waals surface area (Å²) in [5.74, 6) is -3.26. The number of rotatable bonds is 3. The van der Waals surface area contributed by atoms with Gasteiger partial charge in [-0.1, -0.05) is 0 Å². The van der Waals surface area contributed by atoms with Gasteiger partial charge in [-0.2, -0.15) is 0 Å². The zero-order valence-electron chi connectivity index (χ0n) is 5.07. The Morgan fingerprint density at radius 3 is 1.70 bits per heavy atom. The molecule has 0 aliphatic heterocycles. The molecule has 0 saturated heterocycles. The molecular weight excluding hydrogens is 138 g/mol. The van der Waals surface area contributed by atoms with Gasteiger partial charge in [0.2, 0.25) is 5.54 Å². The summed E-state index contributed by atoms with van der Waals surface area (Å²) in [7, 11) is 0. The normalized spacial score (nSPS) is 10.5. The molecule has 0 atom stereocenters. The monoisotopic (exact) mass is 145 g/mol. The number of nitrogens with two attached hydrogens (primary N) is 1. The van der Waals surface area contributed by atoms with Crippen LogP contribution in [0.25, 0.3) is 0 Å². The van der Waals surface area contributed by atoms with Gasteiger partial charge in [0.05, 0.1) is 0 Å². The van der Waals surface area contributed by atoms with Crippen molar-refractivity contribution in [3.05, 3.63) is 12.7 Å². The highest BCUT2D eigenvalue weighted by atomic mass is 16.4. The molecule has 0 bridgehead atoms. The molecule has 0 aromatic carbocycles. The van der Waals surface area contributed by atoms with Crippen LogP contribution < -0.4 is 5.73 Å². The van der Waals surface area contributed by atoms with Crippen molar-refractivity contribution in [3.8, 4) is 0 Å². The topological polar surface area (TPSA) is 101 Å². The SMILES string of the molecule is C=CC(N)(C(=O)O)C(=O)O. The van der Waals surface area contributed by atoms with E-state index in [-0.39, 0.29) is 0 Å². The average molecular weight is 145 g/mol. The summed E-state index contributed by atoms with van der Waals surface area (Å²) in [6.07, 6.45) is 0.664. The second-order valence-electron chi connectivity index (χ2n) is 1.68. The van der Waals surface area contributed by atoms with Gasteiger partial charge in [-0.3, -0.25) is 0 Å². The number of carbonyl (C=O) groups is 2. The fraction of sp³-hybridized carbons (Fsp3) is 0.200. The lowest BCUT2D eigenvalue weighted by molar-refractivity contribution is -0.153. The van der Waals surface area contributed by atoms with Gasteiger partial charge in [0.1, 0.15) is 0 Å². The minimum Gasteiger partial charge on any atom is -0.479 e. The Labute approximate surface area is 56.8 Å². The van der Waals surface area contributed by atoms with Crippen molar-refractivity contribution in [2.45, 2.75) is 5.54 Å². The molecule has 0 aliphatic rings. The molecular formula is C5H7NO4. The van der Waals surface area contributed by atoms with Gasteiger partial charge >= 0.3 is 11.9 Å². The lowest BCUT2D eigenvalue weighted by Crippen LogP contribution is -2.53. The van der Waals surface area contributed by atoms with Crippen LogP contribution >= 0.6 is 0 Å². The molecule has 0 amide bonds. The molecule has 0 unspecified atom stereocenters. The molecule has 10 heavy (non-hydrogen) atoms. The van der Waals surface area contributed by atoms with Gasteiger partial charge in [0, 0.05) is 0 Å². The van der Waals surface area contributed by atoms with Crippen LogP contribution in [0.4, 0.5) is 0 Å². The van der Waals surface area contributed by atoms with Gasteiger partial charge in [-0.25, -0.2) is 9.59 Å². The lowest BCUT2D eigenvalue weighted by atomic mass is 10.0. The molecule has 0 aromatic rings. The highest BCUT2D eigenvalue weighted by Gasteiger charge is 2.39. The molecule has 0 saturated carbocycles. The van der Waals surface area contributed by atoms with Crippen molar-refractivity contribution in [3.63, 3.8) is 0 Å². The van der Waals surface area contributed by atoms with Crippen LogP contribution in [0, 0.1) is 0 Å². The van der Waals surface area contributed by atoms with E-state index in [1.165, 1.54) is 0 Å². The molecule has 0 spiro atoms. The third kappa shape index (κ3) is 1.14. The molecule has 56 valence electrons. The van der Waals surface area contributed by atoms with Crippen molar-refractivity contribution >= 4 is 11.9 Å². The van der Waals surface area contributed by atoms with E-state index in [1.54, 1.807) is 0 Å². The van der Waals surface area contributed by atoms with Gasteiger partial charge in [0.25, 0.3) is 0 Å². The highest BCUT2D eigenvalue weighted by Crippen LogP contribution is 2.01. The Hall–Kier alpha value is -1.36. The number of hydrogen-bond acceptors (Lipinski definition) is 3. The minimum atomic E-state index is -2.36. The van der Waals surface area contributed by atoms with E-state index in [0.29, 0.717) is 6.08 Å². The summed E-state index contributed by atoms with van der Waals surface area (Å²) in [6, 6.07) is 0. The summed E-state index contributed by atoms with van der Waals surface area (Å²) in [4.78, 5) is 20.2. The van der Waals surface area contributed by atoms with Crippen LogP contribution in [0.3, 0.4) is 0 Å². The summed E-state index contributed by atoms with van der Waals surface area (Å²) < 4.78 is 0. The van der Waals surface area contributed by atoms with E-state index in [1.807, 2.05) is 0 Å². The third-order valence-electron chi connectivity index (χ3n) is 1.03. The maximum Gasteiger partial charge on any atom is 0.339 e. The first kappa shape index (κ1) is 8.64. The quantitative estimate of drug-likeness (QED) is 0.350. The van der Waals surface area contributed by atoms with Crippen molar-refractivity contribution in [1.29, 1.82) is 0 Å². The van der Waals surface area contributed by atoms with Crippen LogP contribution in [-0.4, -0.2) is 27.7 Å². The molecule has 5 nitrogen and oxygen atoms in total. The predicted molar refractivity (Wildman–Crippen MR) is 32.4 cm³/mol. The zero-order chi connectivity index (χ0) is 8.36. The van der Waals surface area contributed by atoms with Crippen molar-refractivity contribution in [2.24, 2.45) is 5.73 Å². The summed E-state index contributed by atoms with van der Waals surface area (Å²) in [6.45, 7) is 2.99. The van der Waals surface area contributed by atoms with E-state index in [0.717, 1.165) is 0 Å². The van der Waals surface area contributed by atoms with E-state index in [9.17, 15) is 9.59 Å². The first-order chi connectivity index (χ1) is 4.45. The number of hydrogen-bond donors (Lipinski definition) is 3. The summed E-state index contributed by atoms with van der Waals surface area (Å²) in [5, 5.41) is 16.5. The van der Waals surface area contributed by atoms with E-state index in [2.05, 4.69) is 6.58 Å². The second kappa shape index (κ2) is 2.49. The molecule has 0 radical (unpaired) electrons. The average Bonchev–Trinajstić information content (AvgIpc) is 1.85. The summed E-state index contributed by atoms with van der Waals surface area (Å²) in [5.41, 5.74) is 2.50. The van der Waals surface area contributed by atoms with Crippen molar-refractivity contribution in [2.75, 3.05) is 0 Å². The lowest BCUT2D eigenvalue weighted by Gasteiger charge is -2.12. The fourth-order valence-corrected chi connectivity index (χ4v) is 0.266. The Kier molecular flexibility index (Phi) is 2.15. The van der Waals surface area contributed by atoms with E-state index >= 15 is 0 Å². The molecule has 0 fully saturated rings. The van der Waals surface area contributed by atoms with Crippen molar-refractivity contribution in [1.82, 2.24) is 0 Å². The minimum absolute atomic E-state index is 0.664. The van der Waals surface area contributed by atoms with E-state index < -0.39 is 17.5 Å². The first-order valence-corrected chi connectivity index (χ1v) is 2.34. The van der Waals surface area contributed by atoms with Crippen LogP contribution in [0.15, 0.2) is 12.7 Å². The Bertz CT molecular complexity index is 172. The zero-order valence-corrected chi connectivity index (χ0v) is 5.07. The third-order valence-corrected chi connectivity index (χ3v) is 1.03. The smallest absolute Gasteiger partial charge is 0.339 e. The number of aliphatic carboxylic acids is 2. The van der Waals surface area contributed by atoms with Crippen molar-refractivity contribution < 1.29 is 19.8 Å². The maximum atomic E-state index is 10.1. The predicted octanol–water partition coefficient (Wildman–Crippen LogP) is -0.961. The van der Waals surface area contributed by atoms with Crippen LogP contribution in [-0.2, 0) is 9.59 Å². The second-order valence-corrected chi connectivity index (χ2v) is 1.68. The van der Waals surface area contributed by atoms with Crippen LogP contribution in [0.2, 0.25) is 0 Å². The molecule has 4 N–H and O–H groups in total. The molecule has 0 aliphatic carbocycles.